The summed E-state index contributed by atoms with van der Waals surface area (Å²) in [5.41, 5.74) is 6.92. The zero-order valence-electron chi connectivity index (χ0n) is 8.99. The summed E-state index contributed by atoms with van der Waals surface area (Å²) in [5, 5.41) is 0.564. The molecule has 16 heavy (non-hydrogen) atoms. The molecule has 0 unspecified atom stereocenters. The first kappa shape index (κ1) is 9.97. The van der Waals surface area contributed by atoms with Gasteiger partial charge in [0.1, 0.15) is 11.6 Å². The van der Waals surface area contributed by atoms with Crippen LogP contribution in [0.5, 0.6) is 0 Å². The van der Waals surface area contributed by atoms with E-state index in [1.54, 1.807) is 0 Å². The summed E-state index contributed by atoms with van der Waals surface area (Å²) >= 11 is 6.14. The van der Waals surface area contributed by atoms with E-state index < -0.39 is 0 Å². The number of halogens is 1. The summed E-state index contributed by atoms with van der Waals surface area (Å²) in [4.78, 5) is 4.48. The van der Waals surface area contributed by atoms with Gasteiger partial charge in [0.2, 0.25) is 0 Å². The number of hydrogen-bond acceptors (Lipinski definition) is 2. The summed E-state index contributed by atoms with van der Waals surface area (Å²) in [5.74, 6) is 2.28. The van der Waals surface area contributed by atoms with E-state index in [2.05, 4.69) is 4.98 Å². The minimum Gasteiger partial charge on any atom is -0.385 e. The number of nitrogen functional groups attached to an aromatic ring is 1. The SMILES string of the molecule is Nc1cccc2c(Cl)nc(C3CCCC3)n12. The van der Waals surface area contributed by atoms with Crippen LogP contribution in [0.1, 0.15) is 37.4 Å². The van der Waals surface area contributed by atoms with Crippen LogP contribution in [0.25, 0.3) is 5.52 Å². The zero-order chi connectivity index (χ0) is 11.1. The fraction of sp³-hybridized carbons (Fsp3) is 0.417. The molecule has 84 valence electrons. The van der Waals surface area contributed by atoms with Gasteiger partial charge < -0.3 is 5.73 Å². The number of fused-ring (bicyclic) bond motifs is 1. The molecule has 2 aromatic heterocycles. The summed E-state index contributed by atoms with van der Waals surface area (Å²) in [6.45, 7) is 0. The second-order valence-electron chi connectivity index (χ2n) is 4.41. The van der Waals surface area contributed by atoms with Gasteiger partial charge >= 0.3 is 0 Å². The van der Waals surface area contributed by atoms with Crippen molar-refractivity contribution in [3.63, 3.8) is 0 Å². The number of aromatic nitrogens is 2. The van der Waals surface area contributed by atoms with Crippen molar-refractivity contribution in [1.29, 1.82) is 0 Å². The molecular formula is C12H14ClN3. The Labute approximate surface area is 99.2 Å². The van der Waals surface area contributed by atoms with Crippen molar-refractivity contribution in [1.82, 2.24) is 9.38 Å². The lowest BCUT2D eigenvalue weighted by atomic mass is 10.1. The van der Waals surface area contributed by atoms with Crippen molar-refractivity contribution in [2.75, 3.05) is 5.73 Å². The summed E-state index contributed by atoms with van der Waals surface area (Å²) < 4.78 is 2.00. The van der Waals surface area contributed by atoms with Gasteiger partial charge in [-0.1, -0.05) is 30.5 Å². The Morgan fingerprint density at radius 1 is 1.31 bits per heavy atom. The fourth-order valence-corrected chi connectivity index (χ4v) is 2.84. The first-order valence-electron chi connectivity index (χ1n) is 5.69. The molecule has 3 nitrogen and oxygen atoms in total. The number of rotatable bonds is 1. The number of hydrogen-bond donors (Lipinski definition) is 1. The topological polar surface area (TPSA) is 43.3 Å². The Morgan fingerprint density at radius 3 is 2.81 bits per heavy atom. The summed E-state index contributed by atoms with van der Waals surface area (Å²) in [7, 11) is 0. The molecule has 4 heteroatoms. The van der Waals surface area contributed by atoms with Gasteiger partial charge in [-0.15, -0.1) is 0 Å². The van der Waals surface area contributed by atoms with Crippen molar-refractivity contribution >= 4 is 22.9 Å². The molecule has 3 rings (SSSR count). The highest BCUT2D eigenvalue weighted by Gasteiger charge is 2.23. The maximum atomic E-state index is 6.14. The van der Waals surface area contributed by atoms with E-state index in [0.29, 0.717) is 11.1 Å². The number of anilines is 1. The number of nitrogens with zero attached hydrogens (tertiary/aromatic N) is 2. The molecule has 0 aliphatic heterocycles. The molecule has 2 heterocycles. The standard InChI is InChI=1S/C12H14ClN3/c13-11-9-6-3-7-10(14)16(9)12(15-11)8-4-1-2-5-8/h3,6-8H,1-2,4-5,14H2. The van der Waals surface area contributed by atoms with Crippen LogP contribution in [0.2, 0.25) is 5.15 Å². The predicted octanol–water partition coefficient (Wildman–Crippen LogP) is 3.23. The molecule has 0 aromatic carbocycles. The van der Waals surface area contributed by atoms with Crippen LogP contribution < -0.4 is 5.73 Å². The van der Waals surface area contributed by atoms with Gasteiger partial charge in [-0.3, -0.25) is 4.40 Å². The average Bonchev–Trinajstić information content (AvgIpc) is 2.87. The Bertz CT molecular complexity index is 526. The lowest BCUT2D eigenvalue weighted by Crippen LogP contribution is -2.04. The molecule has 0 spiro atoms. The predicted molar refractivity (Wildman–Crippen MR) is 65.8 cm³/mol. The van der Waals surface area contributed by atoms with Crippen molar-refractivity contribution in [2.24, 2.45) is 0 Å². The number of nitrogens with two attached hydrogens (primary N) is 1. The molecule has 0 radical (unpaired) electrons. The molecule has 1 fully saturated rings. The van der Waals surface area contributed by atoms with Gasteiger partial charge in [0, 0.05) is 5.92 Å². The Hall–Kier alpha value is -1.22. The van der Waals surface area contributed by atoms with Crippen LogP contribution >= 0.6 is 11.6 Å². The van der Waals surface area contributed by atoms with E-state index in [-0.39, 0.29) is 0 Å². The Kier molecular flexibility index (Phi) is 2.28. The van der Waals surface area contributed by atoms with Gasteiger partial charge in [0.25, 0.3) is 0 Å². The van der Waals surface area contributed by atoms with Crippen LogP contribution in [0.3, 0.4) is 0 Å². The molecule has 0 saturated heterocycles. The van der Waals surface area contributed by atoms with Crippen molar-refractivity contribution in [3.8, 4) is 0 Å². The molecule has 1 saturated carbocycles. The van der Waals surface area contributed by atoms with Crippen LogP contribution in [-0.4, -0.2) is 9.38 Å². The third kappa shape index (κ3) is 1.39. The molecule has 0 bridgehead atoms. The maximum Gasteiger partial charge on any atom is 0.155 e. The van der Waals surface area contributed by atoms with E-state index in [0.717, 1.165) is 17.2 Å². The van der Waals surface area contributed by atoms with E-state index in [1.807, 2.05) is 22.6 Å². The van der Waals surface area contributed by atoms with Crippen LogP contribution in [0.15, 0.2) is 18.2 Å². The zero-order valence-corrected chi connectivity index (χ0v) is 9.74. The van der Waals surface area contributed by atoms with Crippen LogP contribution in [0, 0.1) is 0 Å². The van der Waals surface area contributed by atoms with Crippen LogP contribution in [-0.2, 0) is 0 Å². The second kappa shape index (κ2) is 3.67. The van der Waals surface area contributed by atoms with Gasteiger partial charge in [-0.2, -0.15) is 0 Å². The molecule has 2 aromatic rings. The largest absolute Gasteiger partial charge is 0.385 e. The van der Waals surface area contributed by atoms with E-state index >= 15 is 0 Å². The molecule has 2 N–H and O–H groups in total. The Morgan fingerprint density at radius 2 is 2.06 bits per heavy atom. The third-order valence-electron chi connectivity index (χ3n) is 3.39. The number of pyridine rings is 1. The smallest absolute Gasteiger partial charge is 0.155 e. The van der Waals surface area contributed by atoms with Gasteiger partial charge in [0.05, 0.1) is 5.52 Å². The van der Waals surface area contributed by atoms with Gasteiger partial charge in [0.15, 0.2) is 5.15 Å². The first-order chi connectivity index (χ1) is 7.77. The molecule has 0 amide bonds. The fourth-order valence-electron chi connectivity index (χ4n) is 2.61. The average molecular weight is 236 g/mol. The van der Waals surface area contributed by atoms with E-state index in [4.69, 9.17) is 17.3 Å². The normalized spacial score (nSPS) is 17.3. The monoisotopic (exact) mass is 235 g/mol. The van der Waals surface area contributed by atoms with Crippen molar-refractivity contribution in [3.05, 3.63) is 29.2 Å². The molecular weight excluding hydrogens is 222 g/mol. The molecule has 1 aliphatic carbocycles. The minimum atomic E-state index is 0.518. The molecule has 1 aliphatic rings. The van der Waals surface area contributed by atoms with Crippen LogP contribution in [0.4, 0.5) is 5.82 Å². The van der Waals surface area contributed by atoms with Crippen molar-refractivity contribution in [2.45, 2.75) is 31.6 Å². The minimum absolute atomic E-state index is 0.518. The quantitative estimate of drug-likeness (QED) is 0.825. The Balaban J connectivity index is 2.24. The highest BCUT2D eigenvalue weighted by atomic mass is 35.5. The third-order valence-corrected chi connectivity index (χ3v) is 3.67. The van der Waals surface area contributed by atoms with Gasteiger partial charge in [-0.25, -0.2) is 4.98 Å². The highest BCUT2D eigenvalue weighted by Crippen LogP contribution is 2.36. The maximum absolute atomic E-state index is 6.14. The first-order valence-corrected chi connectivity index (χ1v) is 6.07. The van der Waals surface area contributed by atoms with Crippen molar-refractivity contribution < 1.29 is 0 Å². The van der Waals surface area contributed by atoms with E-state index in [9.17, 15) is 0 Å². The summed E-state index contributed by atoms with van der Waals surface area (Å²) in [6, 6.07) is 5.77. The highest BCUT2D eigenvalue weighted by molar-refractivity contribution is 6.32. The number of imidazole rings is 1. The van der Waals surface area contributed by atoms with E-state index in [1.165, 1.54) is 25.7 Å². The summed E-state index contributed by atoms with van der Waals surface area (Å²) in [6.07, 6.45) is 4.96. The lowest BCUT2D eigenvalue weighted by molar-refractivity contribution is 0.667. The van der Waals surface area contributed by atoms with Gasteiger partial charge in [-0.05, 0) is 25.0 Å². The second-order valence-corrected chi connectivity index (χ2v) is 4.77. The lowest BCUT2D eigenvalue weighted by Gasteiger charge is -2.09. The molecule has 0 atom stereocenters.